The first-order valence-corrected chi connectivity index (χ1v) is 10.6. The first-order valence-electron chi connectivity index (χ1n) is 9.33. The van der Waals surface area contributed by atoms with Crippen molar-refractivity contribution in [3.63, 3.8) is 0 Å². The zero-order valence-electron chi connectivity index (χ0n) is 16.1. The van der Waals surface area contributed by atoms with E-state index in [4.69, 9.17) is 20.9 Å². The van der Waals surface area contributed by atoms with E-state index >= 15 is 0 Å². The van der Waals surface area contributed by atoms with Crippen molar-refractivity contribution in [2.24, 2.45) is 0 Å². The maximum absolute atomic E-state index is 13.6. The average Bonchev–Trinajstić information content (AvgIpc) is 2.77. The van der Waals surface area contributed by atoms with Gasteiger partial charge in [-0.25, -0.2) is 0 Å². The number of hydrogen-bond donors (Lipinski definition) is 2. The van der Waals surface area contributed by atoms with Gasteiger partial charge in [0.15, 0.2) is 23.0 Å². The molecule has 0 aliphatic rings. The van der Waals surface area contributed by atoms with Crippen molar-refractivity contribution in [1.29, 1.82) is 0 Å². The smallest absolute Gasteiger partial charge is 0.423 e. The Bertz CT molecular complexity index is 1120. The highest BCUT2D eigenvalue weighted by atomic mass is 31.1. The summed E-state index contributed by atoms with van der Waals surface area (Å²) in [6.45, 7) is 0. The lowest BCUT2D eigenvalue weighted by Gasteiger charge is -2.10. The van der Waals surface area contributed by atoms with E-state index in [9.17, 15) is 4.57 Å². The van der Waals surface area contributed by atoms with Crippen LogP contribution in [0.1, 0.15) is 0 Å². The molecule has 30 heavy (non-hydrogen) atoms. The van der Waals surface area contributed by atoms with Gasteiger partial charge in [-0.3, -0.25) is 0 Å². The Morgan fingerprint density at radius 1 is 0.500 bits per heavy atom. The standard InChI is InChI=1S/C24H20N2O3P/c25-17-9-1-3-11-19(17)28-21-13-5-7-15-23(21)30(27)24-16-8-6-14-22(24)29-20-12-4-2-10-18(20)26/h1-16H,25-26H2/q+1. The van der Waals surface area contributed by atoms with E-state index in [1.165, 1.54) is 0 Å². The summed E-state index contributed by atoms with van der Waals surface area (Å²) in [5.41, 5.74) is 13.0. The van der Waals surface area contributed by atoms with Gasteiger partial charge in [-0.15, -0.1) is 0 Å². The quantitative estimate of drug-likeness (QED) is 0.333. The lowest BCUT2D eigenvalue weighted by Crippen LogP contribution is -2.11. The predicted octanol–water partition coefficient (Wildman–Crippen LogP) is 5.21. The van der Waals surface area contributed by atoms with Crippen LogP contribution in [0, 0.1) is 0 Å². The van der Waals surface area contributed by atoms with Gasteiger partial charge in [0, 0.05) is 0 Å². The average molecular weight is 415 g/mol. The molecule has 4 N–H and O–H groups in total. The molecular formula is C24H20N2O3P+. The second kappa shape index (κ2) is 8.68. The Hall–Kier alpha value is -3.82. The van der Waals surface area contributed by atoms with Crippen LogP contribution < -0.4 is 31.6 Å². The van der Waals surface area contributed by atoms with Gasteiger partial charge in [0.2, 0.25) is 10.6 Å². The second-order valence-electron chi connectivity index (χ2n) is 6.51. The van der Waals surface area contributed by atoms with E-state index in [2.05, 4.69) is 0 Å². The van der Waals surface area contributed by atoms with Crippen LogP contribution in [-0.2, 0) is 4.57 Å². The van der Waals surface area contributed by atoms with Crippen molar-refractivity contribution >= 4 is 29.8 Å². The van der Waals surface area contributed by atoms with Crippen LogP contribution in [0.15, 0.2) is 97.1 Å². The number of ether oxygens (including phenoxy) is 2. The number of nitrogens with two attached hydrogens (primary N) is 2. The first kappa shape index (κ1) is 19.5. The van der Waals surface area contributed by atoms with E-state index in [0.29, 0.717) is 45.0 Å². The molecule has 0 amide bonds. The Balaban J connectivity index is 1.70. The molecule has 4 aromatic rings. The van der Waals surface area contributed by atoms with Crippen molar-refractivity contribution in [3.05, 3.63) is 97.1 Å². The largest absolute Gasteiger partial charge is 0.450 e. The number of benzene rings is 4. The van der Waals surface area contributed by atoms with Crippen LogP contribution >= 0.6 is 7.80 Å². The number of para-hydroxylation sites is 6. The molecule has 0 spiro atoms. The molecule has 0 fully saturated rings. The molecule has 4 rings (SSSR count). The summed E-state index contributed by atoms with van der Waals surface area (Å²) in [6, 6.07) is 28.8. The van der Waals surface area contributed by atoms with Gasteiger partial charge in [0.1, 0.15) is 0 Å². The third-order valence-corrected chi connectivity index (χ3v) is 6.06. The molecule has 0 radical (unpaired) electrons. The molecule has 5 nitrogen and oxygen atoms in total. The number of hydrogen-bond acceptors (Lipinski definition) is 5. The van der Waals surface area contributed by atoms with Gasteiger partial charge < -0.3 is 20.9 Å². The van der Waals surface area contributed by atoms with Crippen LogP contribution in [0.3, 0.4) is 0 Å². The summed E-state index contributed by atoms with van der Waals surface area (Å²) >= 11 is 0. The van der Waals surface area contributed by atoms with Gasteiger partial charge in [-0.1, -0.05) is 53.1 Å². The third-order valence-electron chi connectivity index (χ3n) is 4.45. The maximum atomic E-state index is 13.6. The van der Waals surface area contributed by atoms with Gasteiger partial charge in [0.25, 0.3) is 0 Å². The number of anilines is 2. The molecule has 0 aliphatic carbocycles. The second-order valence-corrected chi connectivity index (χ2v) is 8.06. The van der Waals surface area contributed by atoms with Crippen molar-refractivity contribution in [2.75, 3.05) is 11.5 Å². The summed E-state index contributed by atoms with van der Waals surface area (Å²) in [4.78, 5) is 0. The molecule has 0 bridgehead atoms. The predicted molar refractivity (Wildman–Crippen MR) is 122 cm³/mol. The topological polar surface area (TPSA) is 87.6 Å². The summed E-state index contributed by atoms with van der Waals surface area (Å²) in [6.07, 6.45) is 0. The van der Waals surface area contributed by atoms with Crippen molar-refractivity contribution < 1.29 is 14.0 Å². The first-order chi connectivity index (χ1) is 14.6. The summed E-state index contributed by atoms with van der Waals surface area (Å²) in [5.74, 6) is 1.97. The SMILES string of the molecule is Nc1ccccc1Oc1ccccc1[P+](=O)c1ccccc1Oc1ccccc1N. The van der Waals surface area contributed by atoms with Gasteiger partial charge in [-0.05, 0) is 48.5 Å². The van der Waals surface area contributed by atoms with Crippen molar-refractivity contribution in [1.82, 2.24) is 0 Å². The van der Waals surface area contributed by atoms with Gasteiger partial charge in [-0.2, -0.15) is 0 Å². The minimum absolute atomic E-state index is 0.477. The highest BCUT2D eigenvalue weighted by Gasteiger charge is 2.32. The molecule has 0 aliphatic heterocycles. The zero-order chi connectivity index (χ0) is 20.9. The summed E-state index contributed by atoms with van der Waals surface area (Å²) in [7, 11) is -2.01. The Morgan fingerprint density at radius 2 is 0.833 bits per heavy atom. The normalized spacial score (nSPS) is 10.4. The van der Waals surface area contributed by atoms with E-state index in [1.54, 1.807) is 48.5 Å². The molecule has 0 aromatic heterocycles. The molecular weight excluding hydrogens is 395 g/mol. The molecule has 0 unspecified atom stereocenters. The molecule has 4 aromatic carbocycles. The van der Waals surface area contributed by atoms with Gasteiger partial charge in [0.05, 0.1) is 11.4 Å². The maximum Gasteiger partial charge on any atom is 0.423 e. The Kier molecular flexibility index (Phi) is 5.64. The molecule has 6 heteroatoms. The lowest BCUT2D eigenvalue weighted by atomic mass is 10.3. The minimum Gasteiger partial charge on any atom is -0.450 e. The fourth-order valence-electron chi connectivity index (χ4n) is 2.94. The molecule has 148 valence electrons. The van der Waals surface area contributed by atoms with E-state index in [0.717, 1.165) is 0 Å². The zero-order valence-corrected chi connectivity index (χ0v) is 17.0. The van der Waals surface area contributed by atoms with Gasteiger partial charge >= 0.3 is 7.80 Å². The van der Waals surface area contributed by atoms with Crippen LogP contribution in [-0.4, -0.2) is 0 Å². The molecule has 0 saturated carbocycles. The molecule has 0 atom stereocenters. The van der Waals surface area contributed by atoms with Crippen molar-refractivity contribution in [2.45, 2.75) is 0 Å². The number of rotatable bonds is 6. The highest BCUT2D eigenvalue weighted by molar-refractivity contribution is 7.62. The van der Waals surface area contributed by atoms with E-state index in [1.807, 2.05) is 48.5 Å². The van der Waals surface area contributed by atoms with E-state index in [-0.39, 0.29) is 0 Å². The summed E-state index contributed by atoms with van der Waals surface area (Å²) < 4.78 is 25.5. The molecule has 0 heterocycles. The highest BCUT2D eigenvalue weighted by Crippen LogP contribution is 2.35. The van der Waals surface area contributed by atoms with Crippen molar-refractivity contribution in [3.8, 4) is 23.0 Å². The van der Waals surface area contributed by atoms with Crippen LogP contribution in [0.4, 0.5) is 11.4 Å². The van der Waals surface area contributed by atoms with Crippen LogP contribution in [0.5, 0.6) is 23.0 Å². The molecule has 0 saturated heterocycles. The van der Waals surface area contributed by atoms with Crippen LogP contribution in [0.25, 0.3) is 0 Å². The fourth-order valence-corrected chi connectivity index (χ4v) is 4.28. The Labute approximate surface area is 175 Å². The number of nitrogen functional groups attached to an aromatic ring is 2. The minimum atomic E-state index is -2.01. The van der Waals surface area contributed by atoms with E-state index < -0.39 is 7.80 Å². The summed E-state index contributed by atoms with van der Waals surface area (Å²) in [5, 5.41) is 1.10. The monoisotopic (exact) mass is 415 g/mol. The third kappa shape index (κ3) is 4.12. The van der Waals surface area contributed by atoms with Crippen LogP contribution in [0.2, 0.25) is 0 Å². The fraction of sp³-hybridized carbons (Fsp3) is 0. The lowest BCUT2D eigenvalue weighted by molar-refractivity contribution is 0.487. The Morgan fingerprint density at radius 3 is 1.23 bits per heavy atom.